The Morgan fingerprint density at radius 1 is 1.46 bits per heavy atom. The molecule has 0 amide bonds. The first-order valence-corrected chi connectivity index (χ1v) is 4.83. The third-order valence-electron chi connectivity index (χ3n) is 2.12. The Kier molecular flexibility index (Phi) is 1.81. The van der Waals surface area contributed by atoms with Gasteiger partial charge in [-0.2, -0.15) is 0 Å². The van der Waals surface area contributed by atoms with Crippen LogP contribution >= 0.6 is 11.3 Å². The van der Waals surface area contributed by atoms with Crippen molar-refractivity contribution in [2.24, 2.45) is 0 Å². The van der Waals surface area contributed by atoms with Gasteiger partial charge in [0.25, 0.3) is 0 Å². The second-order valence-electron chi connectivity index (χ2n) is 2.98. The Bertz CT molecular complexity index is 473. The van der Waals surface area contributed by atoms with Crippen LogP contribution < -0.4 is 5.73 Å². The third kappa shape index (κ3) is 1.12. The van der Waals surface area contributed by atoms with Gasteiger partial charge in [0, 0.05) is 21.0 Å². The van der Waals surface area contributed by atoms with Gasteiger partial charge in [0.15, 0.2) is 6.29 Å². The summed E-state index contributed by atoms with van der Waals surface area (Å²) in [4.78, 5) is 10.7. The largest absolute Gasteiger partial charge is 0.398 e. The van der Waals surface area contributed by atoms with Gasteiger partial charge in [-0.1, -0.05) is 6.07 Å². The van der Waals surface area contributed by atoms with E-state index in [9.17, 15) is 4.79 Å². The maximum atomic E-state index is 10.7. The van der Waals surface area contributed by atoms with Crippen LogP contribution in [0.1, 0.15) is 15.9 Å². The standard InChI is InChI=1S/C10H9NOS/c1-6-2-3-7(4-12)10-9(6)8(11)5-13-10/h2-5H,11H2,1H3. The number of fused-ring (bicyclic) bond motifs is 1. The van der Waals surface area contributed by atoms with Gasteiger partial charge < -0.3 is 5.73 Å². The van der Waals surface area contributed by atoms with E-state index in [4.69, 9.17) is 5.73 Å². The molecule has 0 saturated carbocycles. The Morgan fingerprint density at radius 2 is 2.23 bits per heavy atom. The molecule has 0 radical (unpaired) electrons. The molecule has 0 saturated heterocycles. The first kappa shape index (κ1) is 8.26. The summed E-state index contributed by atoms with van der Waals surface area (Å²) < 4.78 is 0.993. The van der Waals surface area contributed by atoms with E-state index in [0.717, 1.165) is 33.2 Å². The van der Waals surface area contributed by atoms with Crippen LogP contribution in [0.5, 0.6) is 0 Å². The molecule has 2 N–H and O–H groups in total. The molecule has 2 aromatic rings. The highest BCUT2D eigenvalue weighted by Crippen LogP contribution is 2.32. The molecule has 0 bridgehead atoms. The Labute approximate surface area is 80.0 Å². The van der Waals surface area contributed by atoms with E-state index < -0.39 is 0 Å². The van der Waals surface area contributed by atoms with Crippen molar-refractivity contribution in [2.75, 3.05) is 5.73 Å². The minimum Gasteiger partial charge on any atom is -0.398 e. The summed E-state index contributed by atoms with van der Waals surface area (Å²) in [7, 11) is 0. The summed E-state index contributed by atoms with van der Waals surface area (Å²) in [6.45, 7) is 2.00. The van der Waals surface area contributed by atoms with E-state index in [0.29, 0.717) is 0 Å². The number of hydrogen-bond acceptors (Lipinski definition) is 3. The number of thiophene rings is 1. The van der Waals surface area contributed by atoms with Crippen LogP contribution in [-0.2, 0) is 0 Å². The van der Waals surface area contributed by atoms with Crippen molar-refractivity contribution in [3.63, 3.8) is 0 Å². The minimum atomic E-state index is 0.724. The number of hydrogen-bond donors (Lipinski definition) is 1. The van der Waals surface area contributed by atoms with Crippen LogP contribution in [0, 0.1) is 6.92 Å². The SMILES string of the molecule is Cc1ccc(C=O)c2scc(N)c12. The lowest BCUT2D eigenvalue weighted by molar-refractivity contribution is 0.112. The monoisotopic (exact) mass is 191 g/mol. The summed E-state index contributed by atoms with van der Waals surface area (Å²) in [5.41, 5.74) is 8.41. The minimum absolute atomic E-state index is 0.724. The normalized spacial score (nSPS) is 10.5. The molecular weight excluding hydrogens is 182 g/mol. The summed E-state index contributed by atoms with van der Waals surface area (Å²) in [6.07, 6.45) is 0.873. The Morgan fingerprint density at radius 3 is 2.92 bits per heavy atom. The molecule has 0 aliphatic heterocycles. The fraction of sp³-hybridized carbons (Fsp3) is 0.100. The van der Waals surface area contributed by atoms with Crippen molar-refractivity contribution >= 4 is 33.4 Å². The average molecular weight is 191 g/mol. The fourth-order valence-corrected chi connectivity index (χ4v) is 2.47. The molecule has 1 aromatic carbocycles. The fourth-order valence-electron chi connectivity index (χ4n) is 1.46. The van der Waals surface area contributed by atoms with E-state index in [2.05, 4.69) is 0 Å². The molecule has 0 aliphatic rings. The van der Waals surface area contributed by atoms with E-state index in [1.807, 2.05) is 24.4 Å². The van der Waals surface area contributed by atoms with Gasteiger partial charge in [-0.05, 0) is 18.6 Å². The highest BCUT2D eigenvalue weighted by atomic mass is 32.1. The quantitative estimate of drug-likeness (QED) is 0.704. The predicted octanol–water partition coefficient (Wildman–Crippen LogP) is 2.60. The summed E-state index contributed by atoms with van der Waals surface area (Å²) in [6, 6.07) is 3.76. The Hall–Kier alpha value is -1.35. The number of aldehydes is 1. The lowest BCUT2D eigenvalue weighted by Crippen LogP contribution is -1.86. The predicted molar refractivity (Wildman–Crippen MR) is 56.4 cm³/mol. The smallest absolute Gasteiger partial charge is 0.151 e. The van der Waals surface area contributed by atoms with Crippen LogP contribution in [0.3, 0.4) is 0 Å². The molecule has 0 fully saturated rings. The van der Waals surface area contributed by atoms with E-state index in [1.54, 1.807) is 0 Å². The molecule has 0 aliphatic carbocycles. The maximum absolute atomic E-state index is 10.7. The van der Waals surface area contributed by atoms with Crippen LogP contribution in [0.15, 0.2) is 17.5 Å². The third-order valence-corrected chi connectivity index (χ3v) is 3.16. The number of carbonyl (C=O) groups excluding carboxylic acids is 1. The molecule has 1 heterocycles. The van der Waals surface area contributed by atoms with E-state index in [-0.39, 0.29) is 0 Å². The van der Waals surface area contributed by atoms with E-state index in [1.165, 1.54) is 11.3 Å². The van der Waals surface area contributed by atoms with Gasteiger partial charge in [0.05, 0.1) is 5.69 Å². The molecular formula is C10H9NOS. The zero-order valence-corrected chi connectivity index (χ0v) is 8.02. The molecule has 0 spiro atoms. The second kappa shape index (κ2) is 2.85. The van der Waals surface area contributed by atoms with Crippen molar-refractivity contribution in [3.8, 4) is 0 Å². The lowest BCUT2D eigenvalue weighted by atomic mass is 10.1. The zero-order chi connectivity index (χ0) is 9.42. The summed E-state index contributed by atoms with van der Waals surface area (Å²) >= 11 is 1.52. The highest BCUT2D eigenvalue weighted by Gasteiger charge is 2.07. The molecule has 0 unspecified atom stereocenters. The number of aryl methyl sites for hydroxylation is 1. The van der Waals surface area contributed by atoms with Gasteiger partial charge in [0.2, 0.25) is 0 Å². The van der Waals surface area contributed by atoms with Crippen molar-refractivity contribution in [1.29, 1.82) is 0 Å². The van der Waals surface area contributed by atoms with Crippen molar-refractivity contribution in [1.82, 2.24) is 0 Å². The molecule has 2 nitrogen and oxygen atoms in total. The molecule has 3 heteroatoms. The Balaban J connectivity index is 2.95. The number of anilines is 1. The van der Waals surface area contributed by atoms with Crippen LogP contribution in [0.25, 0.3) is 10.1 Å². The van der Waals surface area contributed by atoms with Crippen molar-refractivity contribution < 1.29 is 4.79 Å². The van der Waals surface area contributed by atoms with Crippen molar-refractivity contribution in [2.45, 2.75) is 6.92 Å². The van der Waals surface area contributed by atoms with Crippen LogP contribution in [0.2, 0.25) is 0 Å². The number of carbonyl (C=O) groups is 1. The summed E-state index contributed by atoms with van der Waals surface area (Å²) in [5, 5.41) is 2.90. The number of nitrogens with two attached hydrogens (primary N) is 1. The molecule has 2 rings (SSSR count). The first-order valence-electron chi connectivity index (χ1n) is 3.95. The van der Waals surface area contributed by atoms with Crippen molar-refractivity contribution in [3.05, 3.63) is 28.6 Å². The first-order chi connectivity index (χ1) is 6.24. The maximum Gasteiger partial charge on any atom is 0.151 e. The number of benzene rings is 1. The lowest BCUT2D eigenvalue weighted by Gasteiger charge is -1.99. The number of nitrogen functional groups attached to an aromatic ring is 1. The van der Waals surface area contributed by atoms with Crippen LogP contribution in [0.4, 0.5) is 5.69 Å². The average Bonchev–Trinajstić information content (AvgIpc) is 2.50. The van der Waals surface area contributed by atoms with Gasteiger partial charge in [-0.15, -0.1) is 11.3 Å². The highest BCUT2D eigenvalue weighted by molar-refractivity contribution is 7.18. The molecule has 1 aromatic heterocycles. The molecule has 13 heavy (non-hydrogen) atoms. The van der Waals surface area contributed by atoms with Gasteiger partial charge in [0.1, 0.15) is 0 Å². The van der Waals surface area contributed by atoms with Crippen LogP contribution in [-0.4, -0.2) is 6.29 Å². The zero-order valence-electron chi connectivity index (χ0n) is 7.20. The second-order valence-corrected chi connectivity index (χ2v) is 3.86. The van der Waals surface area contributed by atoms with Gasteiger partial charge >= 0.3 is 0 Å². The number of rotatable bonds is 1. The van der Waals surface area contributed by atoms with Gasteiger partial charge in [-0.25, -0.2) is 0 Å². The molecule has 0 atom stereocenters. The summed E-state index contributed by atoms with van der Waals surface area (Å²) in [5.74, 6) is 0. The topological polar surface area (TPSA) is 43.1 Å². The molecule has 66 valence electrons. The van der Waals surface area contributed by atoms with E-state index >= 15 is 0 Å². The van der Waals surface area contributed by atoms with Gasteiger partial charge in [-0.3, -0.25) is 4.79 Å².